The maximum atomic E-state index is 11.9. The van der Waals surface area contributed by atoms with E-state index in [0.717, 1.165) is 18.6 Å². The molecule has 7 heteroatoms. The summed E-state index contributed by atoms with van der Waals surface area (Å²) in [4.78, 5) is 11.9. The Morgan fingerprint density at radius 3 is 1.74 bits per heavy atom. The Hall–Kier alpha value is -0.160. The summed E-state index contributed by atoms with van der Waals surface area (Å²) in [5.41, 5.74) is -2.05. The molecule has 0 aliphatic carbocycles. The van der Waals surface area contributed by atoms with Crippen LogP contribution in [0.4, 0.5) is 0 Å². The van der Waals surface area contributed by atoms with Gasteiger partial charge in [0.05, 0.1) is 12.7 Å². The van der Waals surface area contributed by atoms with Crippen LogP contribution in [0.25, 0.3) is 0 Å². The molecule has 0 aromatic heterocycles. The monoisotopic (exact) mass is 535 g/mol. The molecule has 208 valence electrons. The zero-order chi connectivity index (χ0) is 26.2. The summed E-state index contributed by atoms with van der Waals surface area (Å²) in [5.74, 6) is -0.247. The van der Waals surface area contributed by atoms with Crippen molar-refractivity contribution in [1.82, 2.24) is 0 Å². The number of ether oxygens (including phenoxy) is 2. The van der Waals surface area contributed by atoms with Crippen molar-refractivity contribution >= 4 is 26.2 Å². The minimum atomic E-state index is -2.05. The van der Waals surface area contributed by atoms with Crippen LogP contribution in [0.3, 0.4) is 0 Å². The summed E-state index contributed by atoms with van der Waals surface area (Å²) in [6, 6.07) is 0. The molecule has 0 spiro atoms. The zero-order valence-electron chi connectivity index (χ0n) is 23.3. The highest BCUT2D eigenvalue weighted by Gasteiger charge is 2.53. The van der Waals surface area contributed by atoms with Crippen molar-refractivity contribution in [2.75, 3.05) is 12.4 Å². The van der Waals surface area contributed by atoms with E-state index in [-0.39, 0.29) is 18.0 Å². The third kappa shape index (κ3) is 17.8. The van der Waals surface area contributed by atoms with Gasteiger partial charge in [0.15, 0.2) is 0 Å². The molecule has 35 heavy (non-hydrogen) atoms. The fourth-order valence-electron chi connectivity index (χ4n) is 4.23. The van der Waals surface area contributed by atoms with Crippen molar-refractivity contribution in [3.05, 3.63) is 0 Å². The zero-order valence-corrected chi connectivity index (χ0v) is 25.1. The van der Waals surface area contributed by atoms with E-state index in [2.05, 4.69) is 13.8 Å². The molecule has 0 amide bonds. The van der Waals surface area contributed by atoms with Crippen LogP contribution in [-0.2, 0) is 18.8 Å². The molecule has 0 aliphatic rings. The van der Waals surface area contributed by atoms with E-state index in [0.29, 0.717) is 6.42 Å². The Balaban J connectivity index is 4.51. The molecule has 4 unspecified atom stereocenters. The van der Waals surface area contributed by atoms with Crippen LogP contribution in [-0.4, -0.2) is 40.3 Å². The fourth-order valence-corrected chi connectivity index (χ4v) is 6.05. The minimum absolute atomic E-state index is 0.181. The topological polar surface area (TPSA) is 72.8 Å². The van der Waals surface area contributed by atoms with Gasteiger partial charge in [0.25, 0.3) is 0 Å². The summed E-state index contributed by atoms with van der Waals surface area (Å²) >= 11 is 1.89. The molecule has 0 saturated heterocycles. The predicted octanol–water partition coefficient (Wildman–Crippen LogP) is 9.35. The lowest BCUT2D eigenvalue weighted by atomic mass is 10.1. The second-order valence-electron chi connectivity index (χ2n) is 9.84. The van der Waals surface area contributed by atoms with E-state index < -0.39 is 20.0 Å². The summed E-state index contributed by atoms with van der Waals surface area (Å²) in [6.45, 7) is 8.50. The Bertz CT molecular complexity index is 508. The van der Waals surface area contributed by atoms with Crippen LogP contribution >= 0.6 is 20.2 Å². The van der Waals surface area contributed by atoms with Crippen LogP contribution in [0.1, 0.15) is 143 Å². The molecule has 0 aromatic carbocycles. The van der Waals surface area contributed by atoms with Gasteiger partial charge in [-0.2, -0.15) is 11.8 Å². The first-order chi connectivity index (χ1) is 17.0. The first kappa shape index (κ1) is 34.8. The molecule has 0 fully saturated rings. The van der Waals surface area contributed by atoms with Gasteiger partial charge in [0, 0.05) is 5.25 Å². The average molecular weight is 536 g/mol. The minimum Gasteiger partial charge on any atom is -0.474 e. The highest BCUT2D eigenvalue weighted by atomic mass is 32.2. The SMILES string of the molecule is CCCCCCCCCCCCCSC(CCCCCCC)C(C)OC(OCCC)([PH+]=O)C(=O)O. The second kappa shape index (κ2) is 24.2. The van der Waals surface area contributed by atoms with Crippen LogP contribution in [0.2, 0.25) is 0 Å². The molecule has 5 nitrogen and oxygen atoms in total. The van der Waals surface area contributed by atoms with E-state index in [4.69, 9.17) is 9.47 Å². The highest BCUT2D eigenvalue weighted by molar-refractivity contribution is 7.99. The van der Waals surface area contributed by atoms with Crippen molar-refractivity contribution in [2.45, 2.75) is 160 Å². The van der Waals surface area contributed by atoms with Gasteiger partial charge in [0.2, 0.25) is 0 Å². The summed E-state index contributed by atoms with van der Waals surface area (Å²) < 4.78 is 23.2. The van der Waals surface area contributed by atoms with Gasteiger partial charge in [-0.25, -0.2) is 4.79 Å². The van der Waals surface area contributed by atoms with Crippen molar-refractivity contribution in [3.63, 3.8) is 0 Å². The predicted molar refractivity (Wildman–Crippen MR) is 152 cm³/mol. The van der Waals surface area contributed by atoms with Crippen molar-refractivity contribution < 1.29 is 23.9 Å². The van der Waals surface area contributed by atoms with E-state index in [1.165, 1.54) is 96.3 Å². The smallest absolute Gasteiger partial charge is 0.472 e. The molecule has 0 aliphatic heterocycles. The third-order valence-corrected chi connectivity index (χ3v) is 8.79. The van der Waals surface area contributed by atoms with E-state index >= 15 is 0 Å². The number of unbranched alkanes of at least 4 members (excludes halogenated alkanes) is 14. The second-order valence-corrected chi connectivity index (χ2v) is 12.1. The van der Waals surface area contributed by atoms with Crippen molar-refractivity contribution in [1.29, 1.82) is 0 Å². The Morgan fingerprint density at radius 2 is 1.29 bits per heavy atom. The standard InChI is InChI=1S/C28H55O5PS/c1-5-8-10-12-13-14-15-16-17-19-21-24-35-26(22-20-18-11-9-6-2)25(4)33-28(34-31,27(29)30)32-23-7-3/h25-26H,5-24H2,1-4H3,(H,29,30)/p+1. The van der Waals surface area contributed by atoms with Crippen molar-refractivity contribution in [3.8, 4) is 0 Å². The van der Waals surface area contributed by atoms with E-state index in [1.807, 2.05) is 25.6 Å². The number of carboxylic acids is 1. The molecular formula is C28H56O5PS+. The number of aliphatic carboxylic acids is 1. The first-order valence-electron chi connectivity index (χ1n) is 14.5. The van der Waals surface area contributed by atoms with Gasteiger partial charge in [-0.3, -0.25) is 4.74 Å². The maximum Gasteiger partial charge on any atom is 0.472 e. The van der Waals surface area contributed by atoms with Gasteiger partial charge in [-0.1, -0.05) is 122 Å². The molecule has 0 heterocycles. The average Bonchev–Trinajstić information content (AvgIpc) is 2.85. The van der Waals surface area contributed by atoms with Crippen LogP contribution in [0.5, 0.6) is 0 Å². The Labute approximate surface area is 222 Å². The largest absolute Gasteiger partial charge is 0.474 e. The van der Waals surface area contributed by atoms with Crippen LogP contribution < -0.4 is 0 Å². The molecule has 0 aromatic rings. The van der Waals surface area contributed by atoms with E-state index in [1.54, 1.807) is 0 Å². The number of thioether (sulfide) groups is 1. The van der Waals surface area contributed by atoms with Crippen LogP contribution in [0, 0.1) is 0 Å². The molecule has 0 saturated carbocycles. The normalized spacial score (nSPS) is 15.2. The number of rotatable bonds is 27. The Morgan fingerprint density at radius 1 is 0.800 bits per heavy atom. The van der Waals surface area contributed by atoms with Gasteiger partial charge in [-0.05, 0) is 31.9 Å². The lowest BCUT2D eigenvalue weighted by molar-refractivity contribution is -0.217. The number of hydrogen-bond acceptors (Lipinski definition) is 5. The molecule has 0 rings (SSSR count). The summed E-state index contributed by atoms with van der Waals surface area (Å²) in [7, 11) is -1.20. The molecular weight excluding hydrogens is 479 g/mol. The highest BCUT2D eigenvalue weighted by Crippen LogP contribution is 2.33. The summed E-state index contributed by atoms with van der Waals surface area (Å²) in [6.07, 6.45) is 22.0. The third-order valence-electron chi connectivity index (χ3n) is 6.47. The fraction of sp³-hybridized carbons (Fsp3) is 0.964. The lowest BCUT2D eigenvalue weighted by Gasteiger charge is -2.28. The van der Waals surface area contributed by atoms with Gasteiger partial charge < -0.3 is 9.84 Å². The Kier molecular flexibility index (Phi) is 24.1. The number of carboxylic acid groups (broad SMARTS) is 1. The number of hydrogen-bond donors (Lipinski definition) is 1. The van der Waals surface area contributed by atoms with Gasteiger partial charge in [0.1, 0.15) is 0 Å². The molecule has 0 radical (unpaired) electrons. The van der Waals surface area contributed by atoms with Gasteiger partial charge in [-0.15, -0.1) is 0 Å². The number of carbonyl (C=O) groups is 1. The maximum absolute atomic E-state index is 11.9. The molecule has 1 N–H and O–H groups in total. The quantitative estimate of drug-likeness (QED) is 0.0641. The molecule has 0 bridgehead atoms. The van der Waals surface area contributed by atoms with Crippen LogP contribution in [0.15, 0.2) is 0 Å². The molecule has 4 atom stereocenters. The summed E-state index contributed by atoms with van der Waals surface area (Å²) in [5, 5.41) is 9.87. The van der Waals surface area contributed by atoms with Gasteiger partial charge >= 0.3 is 20.0 Å². The van der Waals surface area contributed by atoms with Crippen molar-refractivity contribution in [2.24, 2.45) is 0 Å². The van der Waals surface area contributed by atoms with E-state index in [9.17, 15) is 14.5 Å². The lowest BCUT2D eigenvalue weighted by Crippen LogP contribution is -2.44. The first-order valence-corrected chi connectivity index (χ1v) is 16.5.